The Morgan fingerprint density at radius 3 is 2.65 bits per heavy atom. The predicted molar refractivity (Wildman–Crippen MR) is 71.7 cm³/mol. The van der Waals surface area contributed by atoms with E-state index in [2.05, 4.69) is 31.9 Å². The molecule has 0 saturated heterocycles. The van der Waals surface area contributed by atoms with E-state index in [0.29, 0.717) is 17.8 Å². The predicted octanol–water partition coefficient (Wildman–Crippen LogP) is 3.33. The third kappa shape index (κ3) is 3.75. The van der Waals surface area contributed by atoms with Crippen molar-refractivity contribution in [1.29, 1.82) is 0 Å². The Kier molecular flexibility index (Phi) is 4.59. The van der Waals surface area contributed by atoms with Crippen LogP contribution in [-0.4, -0.2) is 19.6 Å². The van der Waals surface area contributed by atoms with Gasteiger partial charge in [-0.05, 0) is 42.8 Å². The molecule has 0 aliphatic rings. The molecule has 0 unspecified atom stereocenters. The highest BCUT2D eigenvalue weighted by molar-refractivity contribution is 6.72. The Balaban J connectivity index is 2.78. The zero-order chi connectivity index (χ0) is 13.1. The summed E-state index contributed by atoms with van der Waals surface area (Å²) in [7, 11) is -1.62. The molecule has 3 nitrogen and oxygen atoms in total. The average molecular weight is 251 g/mol. The van der Waals surface area contributed by atoms with E-state index >= 15 is 0 Å². The molecule has 1 heterocycles. The lowest BCUT2D eigenvalue weighted by Gasteiger charge is -2.27. The Morgan fingerprint density at radius 1 is 1.47 bits per heavy atom. The third-order valence-corrected chi connectivity index (χ3v) is 7.02. The molecule has 4 heteroatoms. The lowest BCUT2D eigenvalue weighted by Crippen LogP contribution is -2.33. The minimum Gasteiger partial charge on any atom is -0.413 e. The normalized spacial score (nSPS) is 11.9. The van der Waals surface area contributed by atoms with Crippen LogP contribution in [0.3, 0.4) is 0 Å². The van der Waals surface area contributed by atoms with E-state index in [1.807, 2.05) is 13.0 Å². The lowest BCUT2D eigenvalue weighted by molar-refractivity contribution is 0.111. The second-order valence-corrected chi connectivity index (χ2v) is 9.85. The molecule has 0 N–H and O–H groups in total. The SMILES string of the molecule is Cc1cnc(C=O)cc1CO[Si](C)(C)C(C)C. The Bertz CT molecular complexity index is 402. The van der Waals surface area contributed by atoms with Crippen molar-refractivity contribution in [2.45, 2.75) is 46.0 Å². The van der Waals surface area contributed by atoms with E-state index in [1.54, 1.807) is 6.20 Å². The van der Waals surface area contributed by atoms with Crippen LogP contribution in [0.25, 0.3) is 0 Å². The van der Waals surface area contributed by atoms with Crippen molar-refractivity contribution in [3.8, 4) is 0 Å². The molecule has 0 saturated carbocycles. The summed E-state index contributed by atoms with van der Waals surface area (Å²) < 4.78 is 6.05. The standard InChI is InChI=1S/C13H21NO2Si/c1-10(2)17(4,5)16-9-12-6-13(8-15)14-7-11(12)3/h6-8,10H,9H2,1-5H3. The smallest absolute Gasteiger partial charge is 0.189 e. The number of aromatic nitrogens is 1. The van der Waals surface area contributed by atoms with Gasteiger partial charge in [-0.15, -0.1) is 0 Å². The molecule has 1 aromatic heterocycles. The fraction of sp³-hybridized carbons (Fsp3) is 0.538. The highest BCUT2D eigenvalue weighted by atomic mass is 28.4. The van der Waals surface area contributed by atoms with Gasteiger partial charge in [0.1, 0.15) is 5.69 Å². The monoisotopic (exact) mass is 251 g/mol. The fourth-order valence-corrected chi connectivity index (χ4v) is 2.10. The summed E-state index contributed by atoms with van der Waals surface area (Å²) in [6.07, 6.45) is 2.50. The molecular weight excluding hydrogens is 230 g/mol. The van der Waals surface area contributed by atoms with Crippen molar-refractivity contribution in [2.24, 2.45) is 0 Å². The van der Waals surface area contributed by atoms with Gasteiger partial charge in [-0.1, -0.05) is 13.8 Å². The Hall–Kier alpha value is -1.00. The molecule has 17 heavy (non-hydrogen) atoms. The first-order valence-electron chi connectivity index (χ1n) is 5.91. The summed E-state index contributed by atoms with van der Waals surface area (Å²) in [6.45, 7) is 11.4. The maximum absolute atomic E-state index is 10.7. The topological polar surface area (TPSA) is 39.2 Å². The maximum atomic E-state index is 10.7. The Morgan fingerprint density at radius 2 is 2.12 bits per heavy atom. The number of pyridine rings is 1. The molecule has 0 radical (unpaired) electrons. The number of hydrogen-bond donors (Lipinski definition) is 0. The third-order valence-electron chi connectivity index (χ3n) is 3.35. The van der Waals surface area contributed by atoms with E-state index < -0.39 is 8.32 Å². The first-order valence-corrected chi connectivity index (χ1v) is 8.90. The van der Waals surface area contributed by atoms with Crippen LogP contribution < -0.4 is 0 Å². The minimum absolute atomic E-state index is 0.471. The van der Waals surface area contributed by atoms with Crippen LogP contribution in [0.2, 0.25) is 18.6 Å². The highest BCUT2D eigenvalue weighted by Crippen LogP contribution is 2.23. The van der Waals surface area contributed by atoms with Gasteiger partial charge in [-0.25, -0.2) is 0 Å². The number of carbonyl (C=O) groups excluding carboxylic acids is 1. The van der Waals surface area contributed by atoms with E-state index in [1.165, 1.54) is 0 Å². The molecule has 0 aliphatic carbocycles. The number of hydrogen-bond acceptors (Lipinski definition) is 3. The largest absolute Gasteiger partial charge is 0.413 e. The van der Waals surface area contributed by atoms with Crippen molar-refractivity contribution in [1.82, 2.24) is 4.98 Å². The van der Waals surface area contributed by atoms with Gasteiger partial charge in [-0.2, -0.15) is 0 Å². The van der Waals surface area contributed by atoms with Crippen molar-refractivity contribution < 1.29 is 9.22 Å². The van der Waals surface area contributed by atoms with Gasteiger partial charge in [0.05, 0.1) is 6.61 Å². The highest BCUT2D eigenvalue weighted by Gasteiger charge is 2.26. The molecule has 0 atom stereocenters. The van der Waals surface area contributed by atoms with Crippen molar-refractivity contribution in [2.75, 3.05) is 0 Å². The van der Waals surface area contributed by atoms with Crippen molar-refractivity contribution in [3.63, 3.8) is 0 Å². The van der Waals surface area contributed by atoms with Crippen molar-refractivity contribution in [3.05, 3.63) is 29.1 Å². The second kappa shape index (κ2) is 5.56. The first kappa shape index (κ1) is 14.1. The van der Waals surface area contributed by atoms with E-state index in [9.17, 15) is 4.79 Å². The zero-order valence-corrected chi connectivity index (χ0v) is 12.3. The van der Waals surface area contributed by atoms with Crippen LogP contribution in [-0.2, 0) is 11.0 Å². The van der Waals surface area contributed by atoms with Gasteiger partial charge >= 0.3 is 0 Å². The quantitative estimate of drug-likeness (QED) is 0.595. The lowest BCUT2D eigenvalue weighted by atomic mass is 10.1. The van der Waals surface area contributed by atoms with Crippen LogP contribution in [0.1, 0.15) is 35.5 Å². The molecule has 0 spiro atoms. The van der Waals surface area contributed by atoms with Gasteiger partial charge in [0, 0.05) is 6.20 Å². The van der Waals surface area contributed by atoms with Crippen LogP contribution in [0, 0.1) is 6.92 Å². The summed E-state index contributed by atoms with van der Waals surface area (Å²) in [4.78, 5) is 14.7. The van der Waals surface area contributed by atoms with E-state index in [0.717, 1.165) is 17.4 Å². The second-order valence-electron chi connectivity index (χ2n) is 5.20. The van der Waals surface area contributed by atoms with E-state index in [4.69, 9.17) is 4.43 Å². The summed E-state index contributed by atoms with van der Waals surface area (Å²) in [5.41, 5.74) is 3.18. The maximum Gasteiger partial charge on any atom is 0.189 e. The first-order chi connectivity index (χ1) is 7.86. The molecule has 94 valence electrons. The minimum atomic E-state index is -1.62. The van der Waals surface area contributed by atoms with Crippen molar-refractivity contribution >= 4 is 14.6 Å². The molecule has 1 aromatic rings. The van der Waals surface area contributed by atoms with E-state index in [-0.39, 0.29) is 0 Å². The molecular formula is C13H21NO2Si. The zero-order valence-electron chi connectivity index (χ0n) is 11.3. The van der Waals surface area contributed by atoms with Crippen LogP contribution in [0.15, 0.2) is 12.3 Å². The van der Waals surface area contributed by atoms with Gasteiger partial charge in [0.15, 0.2) is 14.6 Å². The van der Waals surface area contributed by atoms with Gasteiger partial charge < -0.3 is 4.43 Å². The van der Waals surface area contributed by atoms with Gasteiger partial charge in [-0.3, -0.25) is 9.78 Å². The summed E-state index contributed by atoms with van der Waals surface area (Å²) in [6, 6.07) is 1.81. The number of rotatable bonds is 5. The Labute approximate surface area is 104 Å². The molecule has 0 aliphatic heterocycles. The molecule has 0 aromatic carbocycles. The number of nitrogens with zero attached hydrogens (tertiary/aromatic N) is 1. The summed E-state index contributed by atoms with van der Waals surface area (Å²) >= 11 is 0. The average Bonchev–Trinajstić information content (AvgIpc) is 2.28. The van der Waals surface area contributed by atoms with Gasteiger partial charge in [0.25, 0.3) is 0 Å². The van der Waals surface area contributed by atoms with Crippen LogP contribution >= 0.6 is 0 Å². The number of carbonyl (C=O) groups is 1. The van der Waals surface area contributed by atoms with Crippen LogP contribution in [0.4, 0.5) is 0 Å². The molecule has 1 rings (SSSR count). The van der Waals surface area contributed by atoms with Crippen LogP contribution in [0.5, 0.6) is 0 Å². The number of aldehydes is 1. The van der Waals surface area contributed by atoms with Gasteiger partial charge in [0.2, 0.25) is 0 Å². The summed E-state index contributed by atoms with van der Waals surface area (Å²) in [5.74, 6) is 0. The number of aryl methyl sites for hydroxylation is 1. The summed E-state index contributed by atoms with van der Waals surface area (Å²) in [5, 5.41) is 0. The molecule has 0 amide bonds. The fourth-order valence-electron chi connectivity index (χ4n) is 1.23. The molecule has 0 fully saturated rings. The molecule has 0 bridgehead atoms.